The van der Waals surface area contributed by atoms with Crippen LogP contribution in [0.3, 0.4) is 0 Å². The van der Waals surface area contributed by atoms with Gasteiger partial charge in [0.05, 0.1) is 13.2 Å². The quantitative estimate of drug-likeness (QED) is 0.624. The molecule has 1 heterocycles. The lowest BCUT2D eigenvalue weighted by Crippen LogP contribution is -2.51. The average Bonchev–Trinajstić information content (AvgIpc) is 2.71. The number of rotatable bonds is 8. The highest BCUT2D eigenvalue weighted by Gasteiger charge is 2.46. The molecule has 0 aliphatic carbocycles. The predicted molar refractivity (Wildman–Crippen MR) is 119 cm³/mol. The van der Waals surface area contributed by atoms with Crippen molar-refractivity contribution in [1.82, 2.24) is 0 Å². The molecule has 160 valence electrons. The molecular weight excluding hydrogens is 378 g/mol. The summed E-state index contributed by atoms with van der Waals surface area (Å²) in [5, 5.41) is 3.48. The molecule has 2 aromatic rings. The second-order valence-corrected chi connectivity index (χ2v) is 8.20. The summed E-state index contributed by atoms with van der Waals surface area (Å²) in [5.74, 6) is 4.21. The number of nitrogens with one attached hydrogen (secondary N) is 1. The molecular formula is C25H31NO4. The third-order valence-corrected chi connectivity index (χ3v) is 5.07. The SMILES string of the molecule is C#CCOC1C(OC(C)C)c2cc(NCc3ccc(OC)cc3)ccc2OC1(C)C. The van der Waals surface area contributed by atoms with Gasteiger partial charge < -0.3 is 24.3 Å². The highest BCUT2D eigenvalue weighted by molar-refractivity contribution is 5.54. The lowest BCUT2D eigenvalue weighted by atomic mass is 9.87. The van der Waals surface area contributed by atoms with E-state index in [9.17, 15) is 0 Å². The van der Waals surface area contributed by atoms with Gasteiger partial charge in [0.25, 0.3) is 0 Å². The topological polar surface area (TPSA) is 49.0 Å². The van der Waals surface area contributed by atoms with E-state index < -0.39 is 5.60 Å². The number of benzene rings is 2. The lowest BCUT2D eigenvalue weighted by molar-refractivity contribution is -0.167. The van der Waals surface area contributed by atoms with Crippen LogP contribution in [0.25, 0.3) is 0 Å². The number of hydrogen-bond acceptors (Lipinski definition) is 5. The van der Waals surface area contributed by atoms with Crippen molar-refractivity contribution in [2.24, 2.45) is 0 Å². The molecule has 1 N–H and O–H groups in total. The van der Waals surface area contributed by atoms with Crippen molar-refractivity contribution in [3.8, 4) is 23.8 Å². The summed E-state index contributed by atoms with van der Waals surface area (Å²) in [6.45, 7) is 8.95. The molecule has 0 radical (unpaired) electrons. The fraction of sp³-hybridized carbons (Fsp3) is 0.440. The summed E-state index contributed by atoms with van der Waals surface area (Å²) in [6.07, 6.45) is 4.87. The smallest absolute Gasteiger partial charge is 0.132 e. The average molecular weight is 410 g/mol. The first-order chi connectivity index (χ1) is 14.3. The van der Waals surface area contributed by atoms with Gasteiger partial charge >= 0.3 is 0 Å². The van der Waals surface area contributed by atoms with Crippen molar-refractivity contribution in [2.45, 2.75) is 58.2 Å². The van der Waals surface area contributed by atoms with Crippen LogP contribution in [0.1, 0.15) is 44.9 Å². The molecule has 2 atom stereocenters. The number of hydrogen-bond donors (Lipinski definition) is 1. The molecule has 0 amide bonds. The molecule has 30 heavy (non-hydrogen) atoms. The Hall–Kier alpha value is -2.68. The summed E-state index contributed by atoms with van der Waals surface area (Å²) in [5.41, 5.74) is 2.54. The molecule has 0 saturated heterocycles. The van der Waals surface area contributed by atoms with Gasteiger partial charge in [0.1, 0.15) is 35.9 Å². The van der Waals surface area contributed by atoms with Gasteiger partial charge in [-0.25, -0.2) is 0 Å². The number of fused-ring (bicyclic) bond motifs is 1. The van der Waals surface area contributed by atoms with E-state index in [1.807, 2.05) is 64.1 Å². The molecule has 5 nitrogen and oxygen atoms in total. The van der Waals surface area contributed by atoms with Crippen LogP contribution in [0.15, 0.2) is 42.5 Å². The van der Waals surface area contributed by atoms with Gasteiger partial charge in [-0.1, -0.05) is 18.1 Å². The Morgan fingerprint density at radius 1 is 1.17 bits per heavy atom. The van der Waals surface area contributed by atoms with Crippen molar-refractivity contribution in [2.75, 3.05) is 19.0 Å². The first-order valence-electron chi connectivity index (χ1n) is 10.2. The van der Waals surface area contributed by atoms with Gasteiger partial charge in [-0.05, 0) is 63.6 Å². The number of anilines is 1. The summed E-state index contributed by atoms with van der Waals surface area (Å²) >= 11 is 0. The molecule has 2 unspecified atom stereocenters. The van der Waals surface area contributed by atoms with Crippen LogP contribution >= 0.6 is 0 Å². The minimum Gasteiger partial charge on any atom is -0.497 e. The second-order valence-electron chi connectivity index (χ2n) is 8.20. The zero-order valence-electron chi connectivity index (χ0n) is 18.4. The zero-order valence-corrected chi connectivity index (χ0v) is 18.4. The van der Waals surface area contributed by atoms with Gasteiger partial charge in [0.15, 0.2) is 0 Å². The van der Waals surface area contributed by atoms with Gasteiger partial charge in [-0.2, -0.15) is 0 Å². The minimum absolute atomic E-state index is 0.0320. The van der Waals surface area contributed by atoms with E-state index in [1.165, 1.54) is 0 Å². The van der Waals surface area contributed by atoms with E-state index in [-0.39, 0.29) is 24.9 Å². The fourth-order valence-corrected chi connectivity index (χ4v) is 3.65. The number of ether oxygens (including phenoxy) is 4. The Bertz CT molecular complexity index is 883. The molecule has 1 aliphatic heterocycles. The first kappa shape index (κ1) is 22.0. The molecule has 2 aromatic carbocycles. The molecule has 0 bridgehead atoms. The van der Waals surface area contributed by atoms with Crippen molar-refractivity contribution in [1.29, 1.82) is 0 Å². The molecule has 5 heteroatoms. The maximum Gasteiger partial charge on any atom is 0.132 e. The van der Waals surface area contributed by atoms with Crippen LogP contribution in [-0.4, -0.2) is 31.5 Å². The van der Waals surface area contributed by atoms with Crippen molar-refractivity contribution < 1.29 is 18.9 Å². The Labute approximate surface area is 179 Å². The first-order valence-corrected chi connectivity index (χ1v) is 10.2. The van der Waals surface area contributed by atoms with Crippen LogP contribution in [0.4, 0.5) is 5.69 Å². The van der Waals surface area contributed by atoms with Gasteiger partial charge in [0, 0.05) is 17.8 Å². The fourth-order valence-electron chi connectivity index (χ4n) is 3.65. The van der Waals surface area contributed by atoms with Crippen molar-refractivity contribution >= 4 is 5.69 Å². The van der Waals surface area contributed by atoms with Crippen molar-refractivity contribution in [3.05, 3.63) is 53.6 Å². The highest BCUT2D eigenvalue weighted by Crippen LogP contribution is 2.44. The summed E-state index contributed by atoms with van der Waals surface area (Å²) < 4.78 is 23.8. The molecule has 0 aromatic heterocycles. The molecule has 1 aliphatic rings. The van der Waals surface area contributed by atoms with Crippen LogP contribution in [-0.2, 0) is 16.0 Å². The largest absolute Gasteiger partial charge is 0.497 e. The van der Waals surface area contributed by atoms with Crippen LogP contribution < -0.4 is 14.8 Å². The van der Waals surface area contributed by atoms with E-state index in [4.69, 9.17) is 25.4 Å². The monoisotopic (exact) mass is 409 g/mol. The van der Waals surface area contributed by atoms with E-state index in [0.717, 1.165) is 28.3 Å². The lowest BCUT2D eigenvalue weighted by Gasteiger charge is -2.44. The molecule has 3 rings (SSSR count). The van der Waals surface area contributed by atoms with Crippen LogP contribution in [0.5, 0.6) is 11.5 Å². The standard InChI is InChI=1S/C25H31NO4/c1-7-14-28-24-23(29-17(2)3)21-15-19(10-13-22(21)30-25(24,4)5)26-16-18-8-11-20(27-6)12-9-18/h1,8-13,15,17,23-24,26H,14,16H2,2-6H3. The van der Waals surface area contributed by atoms with E-state index >= 15 is 0 Å². The van der Waals surface area contributed by atoms with Crippen molar-refractivity contribution in [3.63, 3.8) is 0 Å². The maximum absolute atomic E-state index is 6.29. The zero-order chi connectivity index (χ0) is 21.7. The normalized spacial score (nSPS) is 19.5. The minimum atomic E-state index is -0.568. The second kappa shape index (κ2) is 9.42. The van der Waals surface area contributed by atoms with Gasteiger partial charge in [-0.3, -0.25) is 0 Å². The molecule has 0 fully saturated rings. The third kappa shape index (κ3) is 5.08. The molecule has 0 saturated carbocycles. The Balaban J connectivity index is 1.84. The predicted octanol–water partition coefficient (Wildman–Crippen LogP) is 4.96. The van der Waals surface area contributed by atoms with E-state index in [2.05, 4.69) is 17.3 Å². The van der Waals surface area contributed by atoms with E-state index in [0.29, 0.717) is 6.54 Å². The van der Waals surface area contributed by atoms with Crippen LogP contribution in [0.2, 0.25) is 0 Å². The Morgan fingerprint density at radius 2 is 1.90 bits per heavy atom. The Kier molecular flexibility index (Phi) is 6.91. The summed E-state index contributed by atoms with van der Waals surface area (Å²) in [7, 11) is 1.67. The highest BCUT2D eigenvalue weighted by atomic mass is 16.6. The summed E-state index contributed by atoms with van der Waals surface area (Å²) in [4.78, 5) is 0. The Morgan fingerprint density at radius 3 is 2.53 bits per heavy atom. The number of terminal acetylenes is 1. The third-order valence-electron chi connectivity index (χ3n) is 5.07. The van der Waals surface area contributed by atoms with Crippen LogP contribution in [0, 0.1) is 12.3 Å². The summed E-state index contributed by atoms with van der Waals surface area (Å²) in [6, 6.07) is 14.1. The van der Waals surface area contributed by atoms with Gasteiger partial charge in [-0.15, -0.1) is 6.42 Å². The van der Waals surface area contributed by atoms with Gasteiger partial charge in [0.2, 0.25) is 0 Å². The molecule has 0 spiro atoms. The van der Waals surface area contributed by atoms with E-state index in [1.54, 1.807) is 7.11 Å². The number of methoxy groups -OCH3 is 1. The maximum atomic E-state index is 6.29.